The van der Waals surface area contributed by atoms with Gasteiger partial charge >= 0.3 is 0 Å². The molecule has 6 nitrogen and oxygen atoms in total. The normalized spacial score (nSPS) is 15.5. The van der Waals surface area contributed by atoms with Gasteiger partial charge in [-0.1, -0.05) is 12.5 Å². The summed E-state index contributed by atoms with van der Waals surface area (Å²) < 4.78 is 23.8. The largest absolute Gasteiger partial charge is 0.439 e. The molecular weight excluding hydrogens is 371 g/mol. The second-order valence-corrected chi connectivity index (χ2v) is 7.44. The molecule has 1 aliphatic rings. The number of pyridine rings is 1. The SMILES string of the molecule is CN=C(NCc1ccc(Oc2ccc(F)cc2)nc1)NCC1(CCOC)CCC1. The van der Waals surface area contributed by atoms with E-state index in [1.54, 1.807) is 38.6 Å². The van der Waals surface area contributed by atoms with Gasteiger partial charge in [-0.05, 0) is 54.5 Å². The van der Waals surface area contributed by atoms with E-state index in [9.17, 15) is 4.39 Å². The number of nitrogens with one attached hydrogen (secondary N) is 2. The Morgan fingerprint density at radius 2 is 1.97 bits per heavy atom. The highest BCUT2D eigenvalue weighted by Gasteiger charge is 2.36. The number of aliphatic imine (C=N–C) groups is 1. The van der Waals surface area contributed by atoms with E-state index in [4.69, 9.17) is 9.47 Å². The molecule has 0 spiro atoms. The summed E-state index contributed by atoms with van der Waals surface area (Å²) in [4.78, 5) is 8.62. The van der Waals surface area contributed by atoms with Gasteiger partial charge in [-0.25, -0.2) is 9.37 Å². The van der Waals surface area contributed by atoms with Crippen molar-refractivity contribution in [2.75, 3.05) is 27.3 Å². The van der Waals surface area contributed by atoms with Crippen LogP contribution < -0.4 is 15.4 Å². The molecule has 29 heavy (non-hydrogen) atoms. The Bertz CT molecular complexity index is 789. The Morgan fingerprint density at radius 3 is 2.55 bits per heavy atom. The van der Waals surface area contributed by atoms with Gasteiger partial charge in [0.25, 0.3) is 0 Å². The number of rotatable bonds is 9. The smallest absolute Gasteiger partial charge is 0.219 e. The average molecular weight is 400 g/mol. The van der Waals surface area contributed by atoms with Gasteiger partial charge in [-0.2, -0.15) is 0 Å². The molecule has 0 radical (unpaired) electrons. The molecule has 2 aromatic rings. The predicted octanol–water partition coefficient (Wildman–Crippen LogP) is 3.88. The van der Waals surface area contributed by atoms with E-state index in [1.165, 1.54) is 31.4 Å². The van der Waals surface area contributed by atoms with Crippen LogP contribution in [0.2, 0.25) is 0 Å². The summed E-state index contributed by atoms with van der Waals surface area (Å²) in [5.41, 5.74) is 1.34. The van der Waals surface area contributed by atoms with Crippen LogP contribution in [0.3, 0.4) is 0 Å². The van der Waals surface area contributed by atoms with Crippen LogP contribution in [0, 0.1) is 11.2 Å². The molecule has 7 heteroatoms. The standard InChI is InChI=1S/C22H29FN4O2/c1-24-21(27-16-22(10-3-11-22)12-13-28-2)26-15-17-4-9-20(25-14-17)29-19-7-5-18(23)6-8-19/h4-9,14H,3,10-13,15-16H2,1-2H3,(H2,24,26,27). The molecule has 0 atom stereocenters. The Kier molecular flexibility index (Phi) is 7.41. The van der Waals surface area contributed by atoms with Gasteiger partial charge < -0.3 is 20.1 Å². The summed E-state index contributed by atoms with van der Waals surface area (Å²) in [7, 11) is 3.53. The van der Waals surface area contributed by atoms with Crippen molar-refractivity contribution in [3.05, 3.63) is 54.0 Å². The first kappa shape index (κ1) is 21.0. The van der Waals surface area contributed by atoms with Crippen molar-refractivity contribution in [3.63, 3.8) is 0 Å². The first-order valence-corrected chi connectivity index (χ1v) is 9.94. The Hall–Kier alpha value is -2.67. The number of ether oxygens (including phenoxy) is 2. The maximum Gasteiger partial charge on any atom is 0.219 e. The summed E-state index contributed by atoms with van der Waals surface area (Å²) in [5.74, 6) is 1.50. The average Bonchev–Trinajstić information content (AvgIpc) is 2.72. The van der Waals surface area contributed by atoms with Crippen LogP contribution in [-0.4, -0.2) is 38.3 Å². The van der Waals surface area contributed by atoms with Crippen LogP contribution in [0.15, 0.2) is 47.6 Å². The van der Waals surface area contributed by atoms with Crippen molar-refractivity contribution >= 4 is 5.96 Å². The van der Waals surface area contributed by atoms with Crippen molar-refractivity contribution in [2.45, 2.75) is 32.2 Å². The van der Waals surface area contributed by atoms with Gasteiger partial charge in [0.15, 0.2) is 5.96 Å². The van der Waals surface area contributed by atoms with Gasteiger partial charge in [0.05, 0.1) is 0 Å². The second-order valence-electron chi connectivity index (χ2n) is 7.44. The van der Waals surface area contributed by atoms with Crippen molar-refractivity contribution in [3.8, 4) is 11.6 Å². The van der Waals surface area contributed by atoms with E-state index < -0.39 is 0 Å². The molecular formula is C22H29FN4O2. The predicted molar refractivity (Wildman–Crippen MR) is 112 cm³/mol. The number of benzene rings is 1. The van der Waals surface area contributed by atoms with Crippen LogP contribution in [0.1, 0.15) is 31.2 Å². The molecule has 1 aromatic heterocycles. The molecule has 3 rings (SSSR count). The molecule has 0 aliphatic heterocycles. The maximum absolute atomic E-state index is 13.0. The molecule has 0 saturated heterocycles. The van der Waals surface area contributed by atoms with Crippen LogP contribution >= 0.6 is 0 Å². The zero-order valence-corrected chi connectivity index (χ0v) is 17.1. The van der Waals surface area contributed by atoms with E-state index in [0.29, 0.717) is 23.6 Å². The number of aromatic nitrogens is 1. The summed E-state index contributed by atoms with van der Waals surface area (Å²) in [6, 6.07) is 9.60. The zero-order valence-electron chi connectivity index (χ0n) is 17.1. The monoisotopic (exact) mass is 400 g/mol. The zero-order chi connectivity index (χ0) is 20.5. The molecule has 1 aliphatic carbocycles. The lowest BCUT2D eigenvalue weighted by Gasteiger charge is -2.42. The fourth-order valence-corrected chi connectivity index (χ4v) is 3.39. The first-order valence-electron chi connectivity index (χ1n) is 9.94. The highest BCUT2D eigenvalue weighted by molar-refractivity contribution is 5.79. The van der Waals surface area contributed by atoms with E-state index in [2.05, 4.69) is 20.6 Å². The van der Waals surface area contributed by atoms with E-state index in [0.717, 1.165) is 31.1 Å². The highest BCUT2D eigenvalue weighted by Crippen LogP contribution is 2.43. The lowest BCUT2D eigenvalue weighted by Crippen LogP contribution is -2.46. The Balaban J connectivity index is 1.46. The third-order valence-electron chi connectivity index (χ3n) is 5.40. The quantitative estimate of drug-likeness (QED) is 0.494. The number of guanidine groups is 1. The summed E-state index contributed by atoms with van der Waals surface area (Å²) in [6.07, 6.45) is 6.59. The third-order valence-corrected chi connectivity index (χ3v) is 5.40. The third kappa shape index (κ3) is 6.15. The molecule has 0 amide bonds. The number of halogens is 1. The second kappa shape index (κ2) is 10.2. The van der Waals surface area contributed by atoms with Crippen molar-refractivity contribution < 1.29 is 13.9 Å². The van der Waals surface area contributed by atoms with Crippen LogP contribution in [0.5, 0.6) is 11.6 Å². The van der Waals surface area contributed by atoms with Crippen molar-refractivity contribution in [2.24, 2.45) is 10.4 Å². The molecule has 1 fully saturated rings. The van der Waals surface area contributed by atoms with Crippen LogP contribution in [-0.2, 0) is 11.3 Å². The topological polar surface area (TPSA) is 67.8 Å². The number of hydrogen-bond donors (Lipinski definition) is 2. The lowest BCUT2D eigenvalue weighted by atomic mass is 9.67. The molecule has 1 aromatic carbocycles. The van der Waals surface area contributed by atoms with E-state index in [1.807, 2.05) is 6.07 Å². The molecule has 2 N–H and O–H groups in total. The minimum atomic E-state index is -0.296. The number of methoxy groups -OCH3 is 1. The molecule has 156 valence electrons. The van der Waals surface area contributed by atoms with Gasteiger partial charge in [-0.15, -0.1) is 0 Å². The first-order chi connectivity index (χ1) is 14.1. The van der Waals surface area contributed by atoms with Crippen molar-refractivity contribution in [1.82, 2.24) is 15.6 Å². The minimum absolute atomic E-state index is 0.296. The molecule has 1 saturated carbocycles. The highest BCUT2D eigenvalue weighted by atomic mass is 19.1. The number of nitrogens with zero attached hydrogens (tertiary/aromatic N) is 2. The summed E-state index contributed by atoms with van der Waals surface area (Å²) >= 11 is 0. The molecule has 0 bridgehead atoms. The van der Waals surface area contributed by atoms with Crippen molar-refractivity contribution in [1.29, 1.82) is 0 Å². The van der Waals surface area contributed by atoms with Gasteiger partial charge in [0.2, 0.25) is 5.88 Å². The van der Waals surface area contributed by atoms with Crippen LogP contribution in [0.25, 0.3) is 0 Å². The summed E-state index contributed by atoms with van der Waals surface area (Å²) in [5, 5.41) is 6.77. The van der Waals surface area contributed by atoms with Gasteiger partial charge in [-0.3, -0.25) is 4.99 Å². The number of hydrogen-bond acceptors (Lipinski definition) is 4. The molecule has 0 unspecified atom stereocenters. The Morgan fingerprint density at radius 1 is 1.17 bits per heavy atom. The molecule has 1 heterocycles. The maximum atomic E-state index is 13.0. The van der Waals surface area contributed by atoms with Gasteiger partial charge in [0.1, 0.15) is 11.6 Å². The lowest BCUT2D eigenvalue weighted by molar-refractivity contribution is 0.0732. The van der Waals surface area contributed by atoms with E-state index in [-0.39, 0.29) is 5.82 Å². The summed E-state index contributed by atoms with van der Waals surface area (Å²) in [6.45, 7) is 2.30. The fourth-order valence-electron chi connectivity index (χ4n) is 3.39. The fraction of sp³-hybridized carbons (Fsp3) is 0.455. The van der Waals surface area contributed by atoms with E-state index >= 15 is 0 Å². The van der Waals surface area contributed by atoms with Gasteiger partial charge in [0, 0.05) is 46.1 Å². The minimum Gasteiger partial charge on any atom is -0.439 e. The Labute approximate surface area is 171 Å². The van der Waals surface area contributed by atoms with Crippen LogP contribution in [0.4, 0.5) is 4.39 Å².